The molecule has 0 radical (unpaired) electrons. The van der Waals surface area contributed by atoms with Crippen molar-refractivity contribution in [3.05, 3.63) is 49.1 Å². The monoisotopic (exact) mass is 436 g/mol. The van der Waals surface area contributed by atoms with Gasteiger partial charge in [-0.15, -0.1) is 11.3 Å². The van der Waals surface area contributed by atoms with Crippen molar-refractivity contribution >= 4 is 33.5 Å². The number of imidazole rings is 1. The van der Waals surface area contributed by atoms with E-state index in [1.54, 1.807) is 6.33 Å². The van der Waals surface area contributed by atoms with Crippen LogP contribution in [0.15, 0.2) is 49.1 Å². The fourth-order valence-corrected chi connectivity index (χ4v) is 4.27. The molecule has 8 nitrogen and oxygen atoms in total. The highest BCUT2D eigenvalue weighted by atomic mass is 32.1. The lowest BCUT2D eigenvalue weighted by atomic mass is 10.1. The van der Waals surface area contributed by atoms with E-state index in [9.17, 15) is 4.79 Å². The second kappa shape index (κ2) is 8.35. The Labute approximate surface area is 184 Å². The third-order valence-corrected chi connectivity index (χ3v) is 5.55. The number of nitrogens with two attached hydrogens (primary N) is 1. The van der Waals surface area contributed by atoms with E-state index in [0.717, 1.165) is 32.0 Å². The van der Waals surface area contributed by atoms with Crippen molar-refractivity contribution in [1.29, 1.82) is 0 Å². The second-order valence-electron chi connectivity index (χ2n) is 8.02. The minimum atomic E-state index is -0.539. The van der Waals surface area contributed by atoms with Gasteiger partial charge in [0.25, 0.3) is 0 Å². The zero-order chi connectivity index (χ0) is 22.0. The smallest absolute Gasteiger partial charge is 0.407 e. The number of nitrogen functional groups attached to an aromatic ring is 1. The minimum absolute atomic E-state index is 0.402. The molecule has 0 saturated heterocycles. The van der Waals surface area contributed by atoms with E-state index in [4.69, 9.17) is 10.5 Å². The summed E-state index contributed by atoms with van der Waals surface area (Å²) in [4.78, 5) is 26.9. The van der Waals surface area contributed by atoms with Gasteiger partial charge in [-0.1, -0.05) is 30.3 Å². The highest BCUT2D eigenvalue weighted by Crippen LogP contribution is 2.38. The van der Waals surface area contributed by atoms with Crippen molar-refractivity contribution in [3.63, 3.8) is 0 Å². The molecule has 4 aromatic rings. The number of rotatable bonds is 5. The molecule has 0 unspecified atom stereocenters. The van der Waals surface area contributed by atoms with Crippen LogP contribution >= 0.6 is 11.3 Å². The first kappa shape index (κ1) is 20.8. The van der Waals surface area contributed by atoms with Gasteiger partial charge in [0.15, 0.2) is 0 Å². The molecule has 0 saturated carbocycles. The lowest BCUT2D eigenvalue weighted by molar-refractivity contribution is 0.0526. The van der Waals surface area contributed by atoms with Crippen LogP contribution in [-0.2, 0) is 11.3 Å². The largest absolute Gasteiger partial charge is 0.444 e. The number of amides is 1. The van der Waals surface area contributed by atoms with E-state index in [1.165, 1.54) is 17.7 Å². The number of nitrogens with zero attached hydrogens (tertiary/aromatic N) is 4. The van der Waals surface area contributed by atoms with Gasteiger partial charge in [0.05, 0.1) is 28.0 Å². The van der Waals surface area contributed by atoms with E-state index in [2.05, 4.69) is 20.3 Å². The highest BCUT2D eigenvalue weighted by Gasteiger charge is 2.19. The maximum Gasteiger partial charge on any atom is 0.407 e. The van der Waals surface area contributed by atoms with Gasteiger partial charge in [-0.2, -0.15) is 0 Å². The zero-order valence-electron chi connectivity index (χ0n) is 17.6. The van der Waals surface area contributed by atoms with Crippen molar-refractivity contribution in [2.24, 2.45) is 0 Å². The summed E-state index contributed by atoms with van der Waals surface area (Å²) in [5, 5.41) is 3.62. The van der Waals surface area contributed by atoms with Crippen LogP contribution in [0.5, 0.6) is 0 Å². The van der Waals surface area contributed by atoms with Crippen LogP contribution in [0.25, 0.3) is 32.0 Å². The van der Waals surface area contributed by atoms with Crippen LogP contribution in [0.3, 0.4) is 0 Å². The van der Waals surface area contributed by atoms with Crippen molar-refractivity contribution < 1.29 is 9.53 Å². The summed E-state index contributed by atoms with van der Waals surface area (Å²) >= 11 is 1.54. The number of benzene rings is 1. The number of hydrogen-bond acceptors (Lipinski definition) is 7. The normalized spacial score (nSPS) is 11.6. The first-order chi connectivity index (χ1) is 14.8. The number of carbonyl (C=O) groups is 1. The minimum Gasteiger partial charge on any atom is -0.444 e. The molecule has 0 aliphatic carbocycles. The average molecular weight is 437 g/mol. The van der Waals surface area contributed by atoms with Crippen LogP contribution in [0, 0.1) is 0 Å². The molecule has 1 amide bonds. The van der Waals surface area contributed by atoms with Crippen molar-refractivity contribution in [2.45, 2.75) is 32.9 Å². The molecule has 1 aromatic carbocycles. The quantitative estimate of drug-likeness (QED) is 0.482. The molecule has 4 rings (SSSR count). The van der Waals surface area contributed by atoms with Gasteiger partial charge in [-0.05, 0) is 26.8 Å². The SMILES string of the molecule is CC(C)(C)OC(=O)NCCn1cnc(-c2ccccc2)c1-c1cc2c(N)ncnc2s1. The summed E-state index contributed by atoms with van der Waals surface area (Å²) in [5.41, 5.74) is 8.32. The Balaban J connectivity index is 1.67. The topological polar surface area (TPSA) is 108 Å². The fourth-order valence-electron chi connectivity index (χ4n) is 3.20. The number of nitrogens with one attached hydrogen (secondary N) is 1. The lowest BCUT2D eigenvalue weighted by Gasteiger charge is -2.19. The average Bonchev–Trinajstić information content (AvgIpc) is 3.32. The van der Waals surface area contributed by atoms with Crippen molar-refractivity contribution in [2.75, 3.05) is 12.3 Å². The molecule has 0 spiro atoms. The van der Waals surface area contributed by atoms with Gasteiger partial charge < -0.3 is 20.4 Å². The van der Waals surface area contributed by atoms with Gasteiger partial charge in [-0.25, -0.2) is 19.7 Å². The summed E-state index contributed by atoms with van der Waals surface area (Å²) in [6.07, 6.45) is 2.81. The third kappa shape index (κ3) is 4.66. The second-order valence-corrected chi connectivity index (χ2v) is 9.05. The maximum atomic E-state index is 12.0. The Bertz CT molecular complexity index is 1210. The van der Waals surface area contributed by atoms with Crippen LogP contribution in [-0.4, -0.2) is 37.8 Å². The Morgan fingerprint density at radius 3 is 2.68 bits per heavy atom. The van der Waals surface area contributed by atoms with Crippen molar-refractivity contribution in [1.82, 2.24) is 24.8 Å². The van der Waals surface area contributed by atoms with Crippen molar-refractivity contribution in [3.8, 4) is 21.8 Å². The molecular weight excluding hydrogens is 412 g/mol. The number of thiophene rings is 1. The summed E-state index contributed by atoms with van der Waals surface area (Å²) in [5.74, 6) is 0.450. The third-order valence-electron chi connectivity index (χ3n) is 4.50. The number of hydrogen-bond donors (Lipinski definition) is 2. The molecule has 31 heavy (non-hydrogen) atoms. The van der Waals surface area contributed by atoms with E-state index in [-0.39, 0.29) is 0 Å². The van der Waals surface area contributed by atoms with Gasteiger partial charge in [0, 0.05) is 18.7 Å². The van der Waals surface area contributed by atoms with Crippen LogP contribution in [0.1, 0.15) is 20.8 Å². The lowest BCUT2D eigenvalue weighted by Crippen LogP contribution is -2.34. The van der Waals surface area contributed by atoms with E-state index in [1.807, 2.05) is 61.7 Å². The number of carbonyl (C=O) groups excluding carboxylic acids is 1. The zero-order valence-corrected chi connectivity index (χ0v) is 18.4. The number of fused-ring (bicyclic) bond motifs is 1. The molecule has 3 heterocycles. The number of alkyl carbamates (subject to hydrolysis) is 1. The molecule has 0 aliphatic heterocycles. The van der Waals surface area contributed by atoms with E-state index in [0.29, 0.717) is 18.9 Å². The molecule has 9 heteroatoms. The Morgan fingerprint density at radius 2 is 1.97 bits per heavy atom. The first-order valence-electron chi connectivity index (χ1n) is 9.89. The Kier molecular flexibility index (Phi) is 5.60. The Morgan fingerprint density at radius 1 is 1.19 bits per heavy atom. The predicted molar refractivity (Wildman–Crippen MR) is 123 cm³/mol. The van der Waals surface area contributed by atoms with Gasteiger partial charge >= 0.3 is 6.09 Å². The fraction of sp³-hybridized carbons (Fsp3) is 0.273. The predicted octanol–water partition coefficient (Wildman–Crippen LogP) is 4.33. The van der Waals surface area contributed by atoms with Crippen LogP contribution in [0.4, 0.5) is 10.6 Å². The van der Waals surface area contributed by atoms with Gasteiger partial charge in [-0.3, -0.25) is 0 Å². The number of anilines is 1. The van der Waals surface area contributed by atoms with Gasteiger partial charge in [0.1, 0.15) is 22.6 Å². The molecule has 0 bridgehead atoms. The standard InChI is InChI=1S/C22H24N6O2S/c1-22(2,3)30-21(29)24-9-10-28-13-27-17(14-7-5-4-6-8-14)18(28)16-11-15-19(23)25-12-26-20(15)31-16/h4-8,11-13H,9-10H2,1-3H3,(H,24,29)(H2,23,25,26). The summed E-state index contributed by atoms with van der Waals surface area (Å²) in [7, 11) is 0. The molecule has 0 fully saturated rings. The van der Waals surface area contributed by atoms with Gasteiger partial charge in [0.2, 0.25) is 0 Å². The summed E-state index contributed by atoms with van der Waals surface area (Å²) in [6, 6.07) is 12.0. The van der Waals surface area contributed by atoms with Crippen LogP contribution in [0.2, 0.25) is 0 Å². The highest BCUT2D eigenvalue weighted by molar-refractivity contribution is 7.21. The van der Waals surface area contributed by atoms with E-state index >= 15 is 0 Å². The Hall–Kier alpha value is -3.46. The molecule has 0 atom stereocenters. The summed E-state index contributed by atoms with van der Waals surface area (Å²) in [6.45, 7) is 6.44. The molecule has 160 valence electrons. The molecule has 3 aromatic heterocycles. The molecule has 0 aliphatic rings. The summed E-state index contributed by atoms with van der Waals surface area (Å²) < 4.78 is 7.34. The first-order valence-corrected chi connectivity index (χ1v) is 10.7. The molecule has 3 N–H and O–H groups in total. The maximum absolute atomic E-state index is 12.0. The molecular formula is C22H24N6O2S. The van der Waals surface area contributed by atoms with E-state index < -0.39 is 11.7 Å². The van der Waals surface area contributed by atoms with Crippen LogP contribution < -0.4 is 11.1 Å². The number of ether oxygens (including phenoxy) is 1. The number of aromatic nitrogens is 4.